The molecule has 1 aromatic carbocycles. The van der Waals surface area contributed by atoms with Gasteiger partial charge in [-0.3, -0.25) is 4.79 Å². The first-order valence-corrected chi connectivity index (χ1v) is 9.84. The third kappa shape index (κ3) is 4.40. The number of methoxy groups -OCH3 is 1. The van der Waals surface area contributed by atoms with Gasteiger partial charge in [0, 0.05) is 25.0 Å². The number of nitrogens with one attached hydrogen (secondary N) is 2. The molecule has 0 unspecified atom stereocenters. The normalized spacial score (nSPS) is 18.3. The molecule has 2 fully saturated rings. The van der Waals surface area contributed by atoms with Gasteiger partial charge in [-0.25, -0.2) is 4.68 Å². The van der Waals surface area contributed by atoms with E-state index in [1.165, 1.54) is 0 Å². The van der Waals surface area contributed by atoms with Gasteiger partial charge >= 0.3 is 0 Å². The summed E-state index contributed by atoms with van der Waals surface area (Å²) in [7, 11) is 1.74. The lowest BCUT2D eigenvalue weighted by Crippen LogP contribution is -2.47. The van der Waals surface area contributed by atoms with Crippen LogP contribution >= 0.6 is 12.4 Å². The molecule has 0 atom stereocenters. The molecular weight excluding hydrogens is 376 g/mol. The second kappa shape index (κ2) is 9.07. The highest BCUT2D eigenvalue weighted by Crippen LogP contribution is 2.42. The van der Waals surface area contributed by atoms with Gasteiger partial charge in [0.05, 0.1) is 29.7 Å². The van der Waals surface area contributed by atoms with Gasteiger partial charge in [-0.15, -0.1) is 12.4 Å². The van der Waals surface area contributed by atoms with E-state index in [0.717, 1.165) is 50.2 Å². The lowest BCUT2D eigenvalue weighted by atomic mass is 9.79. The number of carbonyl (C=O) groups is 1. The molecule has 152 valence electrons. The van der Waals surface area contributed by atoms with E-state index in [-0.39, 0.29) is 23.7 Å². The third-order valence-electron chi connectivity index (χ3n) is 5.75. The van der Waals surface area contributed by atoms with Crippen molar-refractivity contribution < 1.29 is 9.53 Å². The van der Waals surface area contributed by atoms with Crippen molar-refractivity contribution in [1.29, 1.82) is 0 Å². The van der Waals surface area contributed by atoms with E-state index in [9.17, 15) is 4.79 Å². The van der Waals surface area contributed by atoms with Crippen LogP contribution in [-0.2, 0) is 4.74 Å². The number of ether oxygens (including phenoxy) is 1. The zero-order chi connectivity index (χ0) is 18.7. The van der Waals surface area contributed by atoms with Gasteiger partial charge in [0.25, 0.3) is 5.91 Å². The molecule has 7 heteroatoms. The van der Waals surface area contributed by atoms with Crippen LogP contribution in [0.2, 0.25) is 0 Å². The Morgan fingerprint density at radius 3 is 2.64 bits per heavy atom. The van der Waals surface area contributed by atoms with Crippen LogP contribution in [0.15, 0.2) is 36.5 Å². The van der Waals surface area contributed by atoms with Crippen LogP contribution in [0.1, 0.15) is 47.7 Å². The first kappa shape index (κ1) is 20.8. The van der Waals surface area contributed by atoms with Gasteiger partial charge in [0.1, 0.15) is 0 Å². The Labute approximate surface area is 172 Å². The summed E-state index contributed by atoms with van der Waals surface area (Å²) < 4.78 is 7.39. The third-order valence-corrected chi connectivity index (χ3v) is 5.75. The molecule has 0 spiro atoms. The van der Waals surface area contributed by atoms with E-state index in [1.54, 1.807) is 13.3 Å². The smallest absolute Gasteiger partial charge is 0.254 e. The molecule has 28 heavy (non-hydrogen) atoms. The van der Waals surface area contributed by atoms with Crippen molar-refractivity contribution in [3.05, 3.63) is 47.8 Å². The summed E-state index contributed by atoms with van der Waals surface area (Å²) in [6.45, 7) is 3.26. The highest BCUT2D eigenvalue weighted by molar-refractivity contribution is 5.95. The second-order valence-electron chi connectivity index (χ2n) is 7.83. The predicted molar refractivity (Wildman–Crippen MR) is 112 cm³/mol. The van der Waals surface area contributed by atoms with Crippen LogP contribution in [0.4, 0.5) is 0 Å². The summed E-state index contributed by atoms with van der Waals surface area (Å²) in [5.41, 5.74) is 2.78. The predicted octanol–water partition coefficient (Wildman–Crippen LogP) is 2.92. The van der Waals surface area contributed by atoms with Crippen molar-refractivity contribution in [3.63, 3.8) is 0 Å². The molecule has 1 aliphatic carbocycles. The number of hydrogen-bond donors (Lipinski definition) is 2. The molecule has 1 aliphatic heterocycles. The molecule has 1 amide bonds. The minimum absolute atomic E-state index is 0. The average Bonchev–Trinajstić information content (AvgIpc) is 3.45. The Bertz CT molecular complexity index is 777. The number of rotatable bonds is 7. The fourth-order valence-electron chi connectivity index (χ4n) is 4.06. The lowest BCUT2D eigenvalue weighted by molar-refractivity contribution is 0.0511. The summed E-state index contributed by atoms with van der Waals surface area (Å²) >= 11 is 0. The molecule has 6 nitrogen and oxygen atoms in total. The first-order valence-electron chi connectivity index (χ1n) is 9.84. The van der Waals surface area contributed by atoms with E-state index in [2.05, 4.69) is 15.7 Å². The quantitative estimate of drug-likeness (QED) is 0.744. The van der Waals surface area contributed by atoms with Crippen molar-refractivity contribution in [2.45, 2.75) is 31.6 Å². The van der Waals surface area contributed by atoms with Crippen LogP contribution in [-0.4, -0.2) is 49.0 Å². The monoisotopic (exact) mass is 404 g/mol. The fourth-order valence-corrected chi connectivity index (χ4v) is 4.06. The van der Waals surface area contributed by atoms with E-state index in [1.807, 2.05) is 35.0 Å². The maximum absolute atomic E-state index is 13.0. The maximum atomic E-state index is 13.0. The zero-order valence-corrected chi connectivity index (χ0v) is 17.1. The summed E-state index contributed by atoms with van der Waals surface area (Å²) in [6.07, 6.45) is 6.00. The number of piperidine rings is 1. The van der Waals surface area contributed by atoms with Crippen LogP contribution < -0.4 is 10.6 Å². The molecule has 2 heterocycles. The highest BCUT2D eigenvalue weighted by Gasteiger charge is 2.35. The summed E-state index contributed by atoms with van der Waals surface area (Å²) in [4.78, 5) is 13.0. The van der Waals surface area contributed by atoms with Gasteiger partial charge < -0.3 is 15.4 Å². The van der Waals surface area contributed by atoms with Gasteiger partial charge in [0.2, 0.25) is 0 Å². The van der Waals surface area contributed by atoms with Crippen molar-refractivity contribution in [2.24, 2.45) is 5.41 Å². The van der Waals surface area contributed by atoms with Crippen molar-refractivity contribution in [1.82, 2.24) is 20.4 Å². The van der Waals surface area contributed by atoms with E-state index >= 15 is 0 Å². The van der Waals surface area contributed by atoms with Crippen LogP contribution in [0, 0.1) is 5.41 Å². The lowest BCUT2D eigenvalue weighted by Gasteiger charge is -2.37. The summed E-state index contributed by atoms with van der Waals surface area (Å²) in [5.74, 6) is 0.411. The number of aromatic nitrogens is 2. The maximum Gasteiger partial charge on any atom is 0.254 e. The average molecular weight is 405 g/mol. The van der Waals surface area contributed by atoms with E-state index < -0.39 is 0 Å². The Kier molecular flexibility index (Phi) is 6.75. The number of amides is 1. The van der Waals surface area contributed by atoms with E-state index in [4.69, 9.17) is 4.74 Å². The van der Waals surface area contributed by atoms with Crippen LogP contribution in [0.25, 0.3) is 5.69 Å². The molecular formula is C21H29ClN4O2. The molecule has 0 radical (unpaired) electrons. The largest absolute Gasteiger partial charge is 0.384 e. The minimum Gasteiger partial charge on any atom is -0.384 e. The summed E-state index contributed by atoms with van der Waals surface area (Å²) in [6, 6.07) is 10.1. The molecule has 4 rings (SSSR count). The molecule has 1 saturated carbocycles. The molecule has 1 aromatic heterocycles. The Morgan fingerprint density at radius 2 is 2.00 bits per heavy atom. The molecule has 0 bridgehead atoms. The van der Waals surface area contributed by atoms with E-state index in [0.29, 0.717) is 24.6 Å². The number of carbonyl (C=O) groups excluding carboxylic acids is 1. The fraction of sp³-hybridized carbons (Fsp3) is 0.524. The number of nitrogens with zero attached hydrogens (tertiary/aromatic N) is 2. The van der Waals surface area contributed by atoms with Gasteiger partial charge in [-0.2, -0.15) is 5.10 Å². The topological polar surface area (TPSA) is 68.2 Å². The molecule has 2 aromatic rings. The minimum atomic E-state index is -0.0203. The van der Waals surface area contributed by atoms with Crippen LogP contribution in [0.3, 0.4) is 0 Å². The van der Waals surface area contributed by atoms with Crippen molar-refractivity contribution in [3.8, 4) is 5.69 Å². The van der Waals surface area contributed by atoms with Gasteiger partial charge in [0.15, 0.2) is 0 Å². The second-order valence-corrected chi connectivity index (χ2v) is 7.83. The number of para-hydroxylation sites is 1. The van der Waals surface area contributed by atoms with Crippen molar-refractivity contribution in [2.75, 3.05) is 33.4 Å². The Balaban J connectivity index is 0.00000225. The van der Waals surface area contributed by atoms with Crippen molar-refractivity contribution >= 4 is 18.3 Å². The highest BCUT2D eigenvalue weighted by atomic mass is 35.5. The zero-order valence-electron chi connectivity index (χ0n) is 16.3. The van der Waals surface area contributed by atoms with Crippen LogP contribution in [0.5, 0.6) is 0 Å². The summed E-state index contributed by atoms with van der Waals surface area (Å²) in [5, 5.41) is 11.1. The Morgan fingerprint density at radius 1 is 1.29 bits per heavy atom. The van der Waals surface area contributed by atoms with Gasteiger partial charge in [-0.05, 0) is 50.9 Å². The van der Waals surface area contributed by atoms with Gasteiger partial charge in [-0.1, -0.05) is 18.2 Å². The molecule has 1 saturated heterocycles. The standard InChI is InChI=1S/C21H28N4O2.ClH/c1-27-15-21(9-11-22-12-10-21)14-23-20(26)18-13-24-25(19(18)16-7-8-16)17-5-3-2-4-6-17;/h2-6,13,16,22H,7-12,14-15H2,1H3,(H,23,26);1H. The first-order chi connectivity index (χ1) is 13.2. The Hall–Kier alpha value is -1.89. The number of hydrogen-bond acceptors (Lipinski definition) is 4. The molecule has 2 aliphatic rings. The molecule has 2 N–H and O–H groups in total. The number of halogens is 1. The SMILES string of the molecule is COCC1(CNC(=O)c2cnn(-c3ccccc3)c2C2CC2)CCNCC1.Cl. The number of benzene rings is 1.